The van der Waals surface area contributed by atoms with Crippen LogP contribution >= 0.6 is 0 Å². The Morgan fingerprint density at radius 2 is 1.86 bits per heavy atom. The molecule has 3 amide bonds. The predicted octanol–water partition coefficient (Wildman–Crippen LogP) is 2.83. The van der Waals surface area contributed by atoms with Crippen LogP contribution in [0.1, 0.15) is 50.5 Å². The fraction of sp³-hybridized carbons (Fsp3) is 0.619. The molecule has 1 fully saturated rings. The first-order chi connectivity index (χ1) is 13.6. The van der Waals surface area contributed by atoms with Gasteiger partial charge in [0.05, 0.1) is 0 Å². The van der Waals surface area contributed by atoms with Gasteiger partial charge in [0, 0.05) is 32.6 Å². The molecule has 0 bridgehead atoms. The number of ether oxygens (including phenoxy) is 2. The van der Waals surface area contributed by atoms with Gasteiger partial charge in [0.1, 0.15) is 13.2 Å². The summed E-state index contributed by atoms with van der Waals surface area (Å²) in [6, 6.07) is 5.94. The van der Waals surface area contributed by atoms with Gasteiger partial charge in [0.15, 0.2) is 11.5 Å². The van der Waals surface area contributed by atoms with Gasteiger partial charge in [-0.1, -0.05) is 25.3 Å². The van der Waals surface area contributed by atoms with Crippen LogP contribution in [-0.4, -0.2) is 49.7 Å². The molecule has 0 spiro atoms. The predicted molar refractivity (Wildman–Crippen MR) is 107 cm³/mol. The third-order valence-electron chi connectivity index (χ3n) is 5.25. The van der Waals surface area contributed by atoms with Crippen molar-refractivity contribution in [2.24, 2.45) is 0 Å². The Balaban J connectivity index is 1.33. The molecule has 7 heteroatoms. The van der Waals surface area contributed by atoms with Crippen LogP contribution in [0, 0.1) is 0 Å². The summed E-state index contributed by atoms with van der Waals surface area (Å²) in [5.74, 6) is 1.55. The number of hydrogen-bond acceptors (Lipinski definition) is 4. The third-order valence-corrected chi connectivity index (χ3v) is 5.25. The summed E-state index contributed by atoms with van der Waals surface area (Å²) in [7, 11) is 1.79. The van der Waals surface area contributed by atoms with Crippen LogP contribution < -0.4 is 20.1 Å². The molecule has 1 aliphatic heterocycles. The molecule has 2 aliphatic rings. The molecule has 0 atom stereocenters. The molecular weight excluding hydrogens is 358 g/mol. The Labute approximate surface area is 166 Å². The molecule has 28 heavy (non-hydrogen) atoms. The minimum atomic E-state index is -0.121. The molecule has 1 aromatic rings. The number of fused-ring (bicyclic) bond motifs is 1. The lowest BCUT2D eigenvalue weighted by atomic mass is 9.96. The second kappa shape index (κ2) is 10.2. The molecule has 0 aromatic heterocycles. The van der Waals surface area contributed by atoms with Crippen LogP contribution in [-0.2, 0) is 11.3 Å². The van der Waals surface area contributed by atoms with E-state index < -0.39 is 0 Å². The Kier molecular flexibility index (Phi) is 7.39. The first kappa shape index (κ1) is 20.3. The summed E-state index contributed by atoms with van der Waals surface area (Å²) in [4.78, 5) is 26.0. The van der Waals surface area contributed by atoms with Crippen molar-refractivity contribution in [1.82, 2.24) is 15.5 Å². The maximum Gasteiger partial charge on any atom is 0.315 e. The molecule has 3 rings (SSSR count). The van der Waals surface area contributed by atoms with Crippen molar-refractivity contribution in [3.05, 3.63) is 23.8 Å². The normalized spacial score (nSPS) is 16.3. The summed E-state index contributed by atoms with van der Waals surface area (Å²) < 4.78 is 11.1. The van der Waals surface area contributed by atoms with Crippen LogP contribution in [0.2, 0.25) is 0 Å². The van der Waals surface area contributed by atoms with Crippen LogP contribution in [0.15, 0.2) is 18.2 Å². The largest absolute Gasteiger partial charge is 0.486 e. The molecule has 0 unspecified atom stereocenters. The van der Waals surface area contributed by atoms with Gasteiger partial charge in [-0.2, -0.15) is 0 Å². The molecule has 0 radical (unpaired) electrons. The standard InChI is InChI=1S/C21H31N3O4/c1-24(15-16-9-10-18-19(14-16)28-13-12-27-18)20(25)8-5-11-22-21(26)23-17-6-3-2-4-7-17/h9-10,14,17H,2-8,11-13,15H2,1H3,(H2,22,23,26). The van der Waals surface area contributed by atoms with Crippen molar-refractivity contribution in [2.75, 3.05) is 26.8 Å². The van der Waals surface area contributed by atoms with Crippen molar-refractivity contribution in [1.29, 1.82) is 0 Å². The quantitative estimate of drug-likeness (QED) is 0.703. The smallest absolute Gasteiger partial charge is 0.315 e. The van der Waals surface area contributed by atoms with Gasteiger partial charge in [-0.25, -0.2) is 4.79 Å². The highest BCUT2D eigenvalue weighted by Crippen LogP contribution is 2.31. The Hall–Kier alpha value is -2.44. The minimum Gasteiger partial charge on any atom is -0.486 e. The Morgan fingerprint density at radius 1 is 1.11 bits per heavy atom. The molecule has 1 aromatic carbocycles. The summed E-state index contributed by atoms with van der Waals surface area (Å²) in [6.07, 6.45) is 6.81. The third kappa shape index (κ3) is 6.04. The van der Waals surface area contributed by atoms with E-state index in [1.807, 2.05) is 18.2 Å². The number of rotatable bonds is 7. The molecule has 1 heterocycles. The van der Waals surface area contributed by atoms with E-state index in [1.165, 1.54) is 19.3 Å². The second-order valence-corrected chi connectivity index (χ2v) is 7.57. The maximum absolute atomic E-state index is 12.3. The van der Waals surface area contributed by atoms with E-state index in [4.69, 9.17) is 9.47 Å². The van der Waals surface area contributed by atoms with Crippen molar-refractivity contribution in [3.63, 3.8) is 0 Å². The van der Waals surface area contributed by atoms with Gasteiger partial charge in [-0.15, -0.1) is 0 Å². The fourth-order valence-electron chi connectivity index (χ4n) is 3.66. The van der Waals surface area contributed by atoms with Gasteiger partial charge in [-0.3, -0.25) is 4.79 Å². The van der Waals surface area contributed by atoms with Crippen LogP contribution in [0.3, 0.4) is 0 Å². The number of carbonyl (C=O) groups is 2. The number of amides is 3. The maximum atomic E-state index is 12.3. The second-order valence-electron chi connectivity index (χ2n) is 7.57. The molecular formula is C21H31N3O4. The van der Waals surface area contributed by atoms with E-state index in [2.05, 4.69) is 10.6 Å². The Bertz CT molecular complexity index is 674. The highest BCUT2D eigenvalue weighted by Gasteiger charge is 2.16. The van der Waals surface area contributed by atoms with Gasteiger partial charge >= 0.3 is 6.03 Å². The Morgan fingerprint density at radius 3 is 2.64 bits per heavy atom. The van der Waals surface area contributed by atoms with Gasteiger partial charge in [-0.05, 0) is 37.0 Å². The highest BCUT2D eigenvalue weighted by atomic mass is 16.6. The van der Waals surface area contributed by atoms with Crippen molar-refractivity contribution in [3.8, 4) is 11.5 Å². The topological polar surface area (TPSA) is 79.9 Å². The number of nitrogens with zero attached hydrogens (tertiary/aromatic N) is 1. The molecule has 2 N–H and O–H groups in total. The molecule has 7 nitrogen and oxygen atoms in total. The van der Waals surface area contributed by atoms with Crippen molar-refractivity contribution < 1.29 is 19.1 Å². The van der Waals surface area contributed by atoms with Crippen molar-refractivity contribution >= 4 is 11.9 Å². The number of carbonyl (C=O) groups excluding carboxylic acids is 2. The molecule has 1 aliphatic carbocycles. The van der Waals surface area contributed by atoms with Gasteiger partial charge < -0.3 is 25.0 Å². The number of benzene rings is 1. The average Bonchev–Trinajstić information content (AvgIpc) is 2.71. The van der Waals surface area contributed by atoms with E-state index in [0.717, 1.165) is 29.9 Å². The summed E-state index contributed by atoms with van der Waals surface area (Å²) in [6.45, 7) is 2.14. The van der Waals surface area contributed by atoms with Crippen LogP contribution in [0.4, 0.5) is 4.79 Å². The first-order valence-electron chi connectivity index (χ1n) is 10.3. The summed E-state index contributed by atoms with van der Waals surface area (Å²) >= 11 is 0. The lowest BCUT2D eigenvalue weighted by Crippen LogP contribution is -2.43. The van der Waals surface area contributed by atoms with E-state index in [9.17, 15) is 9.59 Å². The average molecular weight is 389 g/mol. The van der Waals surface area contributed by atoms with E-state index in [0.29, 0.717) is 45.2 Å². The summed E-state index contributed by atoms with van der Waals surface area (Å²) in [5, 5.41) is 5.88. The molecule has 154 valence electrons. The monoisotopic (exact) mass is 389 g/mol. The lowest BCUT2D eigenvalue weighted by molar-refractivity contribution is -0.130. The number of hydrogen-bond donors (Lipinski definition) is 2. The lowest BCUT2D eigenvalue weighted by Gasteiger charge is -2.23. The fourth-order valence-corrected chi connectivity index (χ4v) is 3.66. The van der Waals surface area contributed by atoms with Crippen LogP contribution in [0.25, 0.3) is 0 Å². The van der Waals surface area contributed by atoms with Gasteiger partial charge in [0.2, 0.25) is 5.91 Å². The van der Waals surface area contributed by atoms with Gasteiger partial charge in [0.25, 0.3) is 0 Å². The first-order valence-corrected chi connectivity index (χ1v) is 10.3. The highest BCUT2D eigenvalue weighted by molar-refractivity contribution is 5.76. The number of urea groups is 1. The molecule has 0 saturated heterocycles. The zero-order chi connectivity index (χ0) is 19.8. The summed E-state index contributed by atoms with van der Waals surface area (Å²) in [5.41, 5.74) is 1.00. The zero-order valence-corrected chi connectivity index (χ0v) is 16.7. The molecule has 1 saturated carbocycles. The number of nitrogens with one attached hydrogen (secondary N) is 2. The van der Waals surface area contributed by atoms with Crippen LogP contribution in [0.5, 0.6) is 11.5 Å². The van der Waals surface area contributed by atoms with E-state index >= 15 is 0 Å². The van der Waals surface area contributed by atoms with Crippen molar-refractivity contribution in [2.45, 2.75) is 57.5 Å². The SMILES string of the molecule is CN(Cc1ccc2c(c1)OCCO2)C(=O)CCCNC(=O)NC1CCCCC1. The minimum absolute atomic E-state index is 0.0596. The zero-order valence-electron chi connectivity index (χ0n) is 16.7. The van der Waals surface area contributed by atoms with E-state index in [-0.39, 0.29) is 11.9 Å². The van der Waals surface area contributed by atoms with E-state index in [1.54, 1.807) is 11.9 Å².